The molecule has 0 aliphatic heterocycles. The molecule has 1 N–H and O–H groups in total. The molecule has 0 bridgehead atoms. The van der Waals surface area contributed by atoms with E-state index >= 15 is 0 Å². The molecule has 1 atom stereocenters. The molecule has 1 unspecified atom stereocenters. The van der Waals surface area contributed by atoms with E-state index in [2.05, 4.69) is 15.3 Å². The van der Waals surface area contributed by atoms with Crippen molar-refractivity contribution in [1.82, 2.24) is 15.3 Å². The number of methoxy groups -OCH3 is 1. The first kappa shape index (κ1) is 15.9. The minimum atomic E-state index is -0.669. The maximum Gasteiger partial charge on any atom is 0.325 e. The van der Waals surface area contributed by atoms with E-state index in [0.717, 1.165) is 10.8 Å². The fourth-order valence-corrected chi connectivity index (χ4v) is 2.81. The van der Waals surface area contributed by atoms with E-state index in [1.165, 1.54) is 7.11 Å². The van der Waals surface area contributed by atoms with Crippen molar-refractivity contribution >= 4 is 17.7 Å². The molecule has 19 heavy (non-hydrogen) atoms. The van der Waals surface area contributed by atoms with Gasteiger partial charge in [0.05, 0.1) is 13.3 Å². The van der Waals surface area contributed by atoms with Crippen molar-refractivity contribution in [2.24, 2.45) is 0 Å². The van der Waals surface area contributed by atoms with Crippen molar-refractivity contribution in [3.05, 3.63) is 18.6 Å². The maximum atomic E-state index is 11.9. The highest BCUT2D eigenvalue weighted by atomic mass is 32.2. The van der Waals surface area contributed by atoms with Gasteiger partial charge in [0.1, 0.15) is 10.6 Å². The molecule has 0 amide bonds. The van der Waals surface area contributed by atoms with Gasteiger partial charge in [0.2, 0.25) is 0 Å². The van der Waals surface area contributed by atoms with E-state index in [9.17, 15) is 4.79 Å². The number of rotatable bonds is 7. The summed E-state index contributed by atoms with van der Waals surface area (Å²) in [6, 6.07) is 0.214. The lowest BCUT2D eigenvalue weighted by Crippen LogP contribution is -2.53. The molecule has 0 aliphatic carbocycles. The van der Waals surface area contributed by atoms with Crippen LogP contribution in [-0.4, -0.2) is 40.4 Å². The molecular formula is C13H21N3O2S. The van der Waals surface area contributed by atoms with Crippen LogP contribution in [0.2, 0.25) is 0 Å². The maximum absolute atomic E-state index is 11.9. The topological polar surface area (TPSA) is 64.1 Å². The highest BCUT2D eigenvalue weighted by Gasteiger charge is 2.34. The van der Waals surface area contributed by atoms with E-state index < -0.39 is 5.54 Å². The molecule has 1 aromatic rings. The highest BCUT2D eigenvalue weighted by Crippen LogP contribution is 2.21. The number of ether oxygens (including phenoxy) is 1. The largest absolute Gasteiger partial charge is 0.468 e. The number of hydrogen-bond acceptors (Lipinski definition) is 6. The van der Waals surface area contributed by atoms with Gasteiger partial charge in [0.25, 0.3) is 0 Å². The Morgan fingerprint density at radius 3 is 2.79 bits per heavy atom. The van der Waals surface area contributed by atoms with Crippen molar-refractivity contribution in [1.29, 1.82) is 0 Å². The molecule has 0 saturated heterocycles. The Morgan fingerprint density at radius 2 is 2.26 bits per heavy atom. The van der Waals surface area contributed by atoms with E-state index in [1.54, 1.807) is 30.4 Å². The van der Waals surface area contributed by atoms with Crippen molar-refractivity contribution in [3.8, 4) is 0 Å². The first-order chi connectivity index (χ1) is 8.98. The predicted octanol–water partition coefficient (Wildman–Crippen LogP) is 1.89. The molecule has 0 aliphatic rings. The second kappa shape index (κ2) is 7.45. The summed E-state index contributed by atoms with van der Waals surface area (Å²) in [5.41, 5.74) is -0.669. The van der Waals surface area contributed by atoms with Crippen LogP contribution >= 0.6 is 11.8 Å². The van der Waals surface area contributed by atoms with Crippen LogP contribution in [0.5, 0.6) is 0 Å². The molecule has 6 heteroatoms. The zero-order valence-corrected chi connectivity index (χ0v) is 12.7. The molecule has 0 fully saturated rings. The lowest BCUT2D eigenvalue weighted by Gasteiger charge is -2.30. The lowest BCUT2D eigenvalue weighted by atomic mass is 9.98. The average molecular weight is 283 g/mol. The number of esters is 1. The number of carbonyl (C=O) groups is 1. The number of hydrogen-bond donors (Lipinski definition) is 1. The smallest absolute Gasteiger partial charge is 0.325 e. The molecule has 1 rings (SSSR count). The zero-order chi connectivity index (χ0) is 14.3. The molecule has 1 heterocycles. The van der Waals surface area contributed by atoms with Gasteiger partial charge in [-0.3, -0.25) is 15.1 Å². The van der Waals surface area contributed by atoms with Crippen LogP contribution < -0.4 is 5.32 Å². The Labute approximate surface area is 118 Å². The Bertz CT molecular complexity index is 400. The third-order valence-corrected chi connectivity index (χ3v) is 3.55. The minimum absolute atomic E-state index is 0.214. The third kappa shape index (κ3) is 5.16. The summed E-state index contributed by atoms with van der Waals surface area (Å²) in [4.78, 5) is 20.1. The lowest BCUT2D eigenvalue weighted by molar-refractivity contribution is -0.148. The van der Waals surface area contributed by atoms with Gasteiger partial charge in [-0.15, -0.1) is 11.8 Å². The third-order valence-electron chi connectivity index (χ3n) is 2.63. The van der Waals surface area contributed by atoms with Crippen molar-refractivity contribution < 1.29 is 9.53 Å². The van der Waals surface area contributed by atoms with Gasteiger partial charge >= 0.3 is 5.97 Å². The molecule has 0 spiro atoms. The van der Waals surface area contributed by atoms with Crippen molar-refractivity contribution in [2.75, 3.05) is 12.9 Å². The molecule has 106 valence electrons. The van der Waals surface area contributed by atoms with Crippen LogP contribution in [-0.2, 0) is 9.53 Å². The second-order valence-corrected chi connectivity index (χ2v) is 5.88. The minimum Gasteiger partial charge on any atom is -0.468 e. The number of nitrogens with one attached hydrogen (secondary N) is 1. The van der Waals surface area contributed by atoms with Gasteiger partial charge in [0, 0.05) is 24.2 Å². The van der Waals surface area contributed by atoms with Crippen LogP contribution in [0.3, 0.4) is 0 Å². The molecular weight excluding hydrogens is 262 g/mol. The Balaban J connectivity index is 2.56. The Hall–Kier alpha value is -1.14. The molecule has 0 aromatic carbocycles. The molecule has 1 aromatic heterocycles. The number of carbonyl (C=O) groups excluding carboxylic acids is 1. The Kier molecular flexibility index (Phi) is 6.24. The van der Waals surface area contributed by atoms with E-state index in [1.807, 2.05) is 20.8 Å². The van der Waals surface area contributed by atoms with E-state index in [4.69, 9.17) is 4.74 Å². The summed E-state index contributed by atoms with van der Waals surface area (Å²) < 4.78 is 4.88. The SMILES string of the molecule is COC(=O)C(C)(CCSc1cnccn1)NC(C)C. The van der Waals surface area contributed by atoms with Gasteiger partial charge in [0.15, 0.2) is 0 Å². The quantitative estimate of drug-likeness (QED) is 0.609. The van der Waals surface area contributed by atoms with E-state index in [-0.39, 0.29) is 12.0 Å². The van der Waals surface area contributed by atoms with Crippen LogP contribution in [0.4, 0.5) is 0 Å². The fraction of sp³-hybridized carbons (Fsp3) is 0.615. The van der Waals surface area contributed by atoms with E-state index in [0.29, 0.717) is 6.42 Å². The predicted molar refractivity (Wildman–Crippen MR) is 76.1 cm³/mol. The van der Waals surface area contributed by atoms with Gasteiger partial charge in [-0.1, -0.05) is 0 Å². The standard InChI is InChI=1S/C13H21N3O2S/c1-10(2)16-13(3,12(17)18-4)5-8-19-11-9-14-6-7-15-11/h6-7,9-10,16H,5,8H2,1-4H3. The van der Waals surface area contributed by atoms with Crippen molar-refractivity contribution in [3.63, 3.8) is 0 Å². The number of aromatic nitrogens is 2. The molecule has 0 saturated carbocycles. The van der Waals surface area contributed by atoms with Gasteiger partial charge in [-0.05, 0) is 27.2 Å². The normalized spacial score (nSPS) is 14.2. The Morgan fingerprint density at radius 1 is 1.53 bits per heavy atom. The summed E-state index contributed by atoms with van der Waals surface area (Å²) in [5, 5.41) is 4.13. The van der Waals surface area contributed by atoms with Crippen molar-refractivity contribution in [2.45, 2.75) is 43.8 Å². The highest BCUT2D eigenvalue weighted by molar-refractivity contribution is 7.99. The monoisotopic (exact) mass is 283 g/mol. The summed E-state index contributed by atoms with van der Waals surface area (Å²) in [6.45, 7) is 5.89. The summed E-state index contributed by atoms with van der Waals surface area (Å²) in [5.74, 6) is 0.533. The van der Waals surface area contributed by atoms with Crippen LogP contribution in [0.25, 0.3) is 0 Å². The first-order valence-corrected chi connectivity index (χ1v) is 7.21. The average Bonchev–Trinajstić information content (AvgIpc) is 2.38. The molecule has 5 nitrogen and oxygen atoms in total. The van der Waals surface area contributed by atoms with Gasteiger partial charge < -0.3 is 4.74 Å². The van der Waals surface area contributed by atoms with Gasteiger partial charge in [-0.25, -0.2) is 4.98 Å². The number of nitrogens with zero attached hydrogens (tertiary/aromatic N) is 2. The number of thioether (sulfide) groups is 1. The van der Waals surface area contributed by atoms with Crippen LogP contribution in [0, 0.1) is 0 Å². The van der Waals surface area contributed by atoms with Crippen LogP contribution in [0.15, 0.2) is 23.6 Å². The zero-order valence-electron chi connectivity index (χ0n) is 11.8. The first-order valence-electron chi connectivity index (χ1n) is 6.23. The summed E-state index contributed by atoms with van der Waals surface area (Å²) >= 11 is 1.58. The fourth-order valence-electron chi connectivity index (χ4n) is 1.82. The van der Waals surface area contributed by atoms with Gasteiger partial charge in [-0.2, -0.15) is 0 Å². The molecule has 0 radical (unpaired) electrons. The summed E-state index contributed by atoms with van der Waals surface area (Å²) in [7, 11) is 1.42. The second-order valence-electron chi connectivity index (χ2n) is 4.76. The van der Waals surface area contributed by atoms with Crippen LogP contribution in [0.1, 0.15) is 27.2 Å². The summed E-state index contributed by atoms with van der Waals surface area (Å²) in [6.07, 6.45) is 5.69.